The molecule has 5 fully saturated rings. The molecule has 0 aromatic carbocycles. The van der Waals surface area contributed by atoms with Gasteiger partial charge in [0.25, 0.3) is 0 Å². The van der Waals surface area contributed by atoms with Crippen molar-refractivity contribution >= 4 is 0 Å². The summed E-state index contributed by atoms with van der Waals surface area (Å²) in [6, 6.07) is 0. The number of ether oxygens (including phenoxy) is 1. The second-order valence-electron chi connectivity index (χ2n) is 10.3. The Morgan fingerprint density at radius 1 is 0.739 bits per heavy atom. The van der Waals surface area contributed by atoms with Crippen LogP contribution in [0.4, 0.5) is 0 Å². The summed E-state index contributed by atoms with van der Waals surface area (Å²) in [4.78, 5) is 0. The monoisotopic (exact) mass is 316 g/mol. The Morgan fingerprint density at radius 2 is 1.61 bits per heavy atom. The number of rotatable bonds is 0. The van der Waals surface area contributed by atoms with Gasteiger partial charge in [0.05, 0.1) is 5.60 Å². The van der Waals surface area contributed by atoms with E-state index >= 15 is 0 Å². The van der Waals surface area contributed by atoms with Crippen LogP contribution in [-0.4, -0.2) is 12.2 Å². The first kappa shape index (κ1) is 15.2. The normalized spacial score (nSPS) is 58.7. The maximum Gasteiger partial charge on any atom is 0.0739 e. The van der Waals surface area contributed by atoms with E-state index in [4.69, 9.17) is 4.74 Å². The van der Waals surface area contributed by atoms with Crippen molar-refractivity contribution in [3.05, 3.63) is 0 Å². The van der Waals surface area contributed by atoms with Crippen LogP contribution in [0.2, 0.25) is 0 Å². The molecule has 1 heterocycles. The van der Waals surface area contributed by atoms with Gasteiger partial charge in [-0.15, -0.1) is 0 Å². The van der Waals surface area contributed by atoms with Gasteiger partial charge in [-0.2, -0.15) is 0 Å². The van der Waals surface area contributed by atoms with Crippen molar-refractivity contribution in [2.75, 3.05) is 6.61 Å². The zero-order chi connectivity index (χ0) is 15.7. The largest absolute Gasteiger partial charge is 0.374 e. The van der Waals surface area contributed by atoms with Crippen LogP contribution >= 0.6 is 0 Å². The van der Waals surface area contributed by atoms with E-state index in [0.29, 0.717) is 10.8 Å². The zero-order valence-corrected chi connectivity index (χ0v) is 15.4. The number of hydrogen-bond acceptors (Lipinski definition) is 1. The zero-order valence-electron chi connectivity index (χ0n) is 15.4. The molecular formula is C22H36O. The van der Waals surface area contributed by atoms with Gasteiger partial charge >= 0.3 is 0 Å². The van der Waals surface area contributed by atoms with E-state index < -0.39 is 0 Å². The summed E-state index contributed by atoms with van der Waals surface area (Å²) in [7, 11) is 0. The Labute approximate surface area is 142 Å². The van der Waals surface area contributed by atoms with E-state index in [1.807, 2.05) is 0 Å². The predicted molar refractivity (Wildman–Crippen MR) is 94.3 cm³/mol. The summed E-state index contributed by atoms with van der Waals surface area (Å²) in [6.45, 7) is 6.38. The van der Waals surface area contributed by atoms with Crippen LogP contribution in [-0.2, 0) is 4.74 Å². The Hall–Kier alpha value is -0.0400. The first-order valence-corrected chi connectivity index (χ1v) is 10.7. The SMILES string of the molecule is C[C@]12CCCCC1CCC1C2CC[C@@]2(C)C1CC[C@@]21CCCO1. The molecule has 0 radical (unpaired) electrons. The molecule has 1 aliphatic heterocycles. The molecule has 130 valence electrons. The van der Waals surface area contributed by atoms with Gasteiger partial charge in [0.1, 0.15) is 0 Å². The van der Waals surface area contributed by atoms with E-state index in [-0.39, 0.29) is 5.60 Å². The molecule has 5 rings (SSSR count). The summed E-state index contributed by atoms with van der Waals surface area (Å²) in [5, 5.41) is 0. The first-order chi connectivity index (χ1) is 11.1. The molecule has 0 bridgehead atoms. The molecule has 5 aliphatic rings. The van der Waals surface area contributed by atoms with Crippen molar-refractivity contribution < 1.29 is 4.74 Å². The molecule has 0 aromatic rings. The minimum absolute atomic E-state index is 0.285. The summed E-state index contributed by atoms with van der Waals surface area (Å²) in [5.74, 6) is 4.09. The molecule has 0 amide bonds. The Morgan fingerprint density at radius 3 is 2.43 bits per heavy atom. The fraction of sp³-hybridized carbons (Fsp3) is 1.00. The van der Waals surface area contributed by atoms with Crippen LogP contribution < -0.4 is 0 Å². The van der Waals surface area contributed by atoms with Gasteiger partial charge in [-0.3, -0.25) is 0 Å². The maximum atomic E-state index is 6.49. The summed E-state index contributed by atoms with van der Waals surface area (Å²) in [5.41, 5.74) is 1.48. The molecule has 1 nitrogen and oxygen atoms in total. The highest BCUT2D eigenvalue weighted by Gasteiger charge is 2.65. The number of fused-ring (bicyclic) bond motifs is 6. The van der Waals surface area contributed by atoms with Gasteiger partial charge in [0.2, 0.25) is 0 Å². The van der Waals surface area contributed by atoms with Gasteiger partial charge in [-0.25, -0.2) is 0 Å². The average molecular weight is 317 g/mol. The molecule has 1 spiro atoms. The predicted octanol–water partition coefficient (Wildman–Crippen LogP) is 5.97. The third-order valence-electron chi connectivity index (χ3n) is 9.98. The van der Waals surface area contributed by atoms with Crippen molar-refractivity contribution in [1.82, 2.24) is 0 Å². The van der Waals surface area contributed by atoms with Crippen LogP contribution in [0.5, 0.6) is 0 Å². The molecule has 1 saturated heterocycles. The quantitative estimate of drug-likeness (QED) is 0.535. The van der Waals surface area contributed by atoms with E-state index in [1.54, 1.807) is 6.42 Å². The van der Waals surface area contributed by atoms with E-state index in [9.17, 15) is 0 Å². The average Bonchev–Trinajstić information content (AvgIpc) is 3.14. The fourth-order valence-electron chi connectivity index (χ4n) is 8.73. The third kappa shape index (κ3) is 1.84. The molecule has 1 heteroatoms. The van der Waals surface area contributed by atoms with E-state index in [1.165, 1.54) is 70.6 Å². The standard InChI is InChI=1S/C22H36O/c1-20-11-4-3-6-16(20)7-8-17-18(20)9-13-21(2)19(17)10-14-22(21)12-5-15-23-22/h16-19H,3-15H2,1-2H3/t16?,17?,18?,19?,20-,21-,22-/m0/s1. The van der Waals surface area contributed by atoms with Crippen LogP contribution in [0.15, 0.2) is 0 Å². The van der Waals surface area contributed by atoms with Gasteiger partial charge in [-0.05, 0) is 98.7 Å². The lowest BCUT2D eigenvalue weighted by Crippen LogP contribution is -2.56. The molecule has 23 heavy (non-hydrogen) atoms. The summed E-state index contributed by atoms with van der Waals surface area (Å²) < 4.78 is 6.49. The highest BCUT2D eigenvalue weighted by molar-refractivity contribution is 5.15. The lowest BCUT2D eigenvalue weighted by molar-refractivity contribution is -0.155. The molecular weight excluding hydrogens is 280 g/mol. The van der Waals surface area contributed by atoms with Crippen molar-refractivity contribution in [2.45, 2.75) is 96.5 Å². The smallest absolute Gasteiger partial charge is 0.0739 e. The highest BCUT2D eigenvalue weighted by Crippen LogP contribution is 2.70. The number of hydrogen-bond donors (Lipinski definition) is 0. The Bertz CT molecular complexity index is 478. The highest BCUT2D eigenvalue weighted by atomic mass is 16.5. The molecule has 4 unspecified atom stereocenters. The Balaban J connectivity index is 1.47. The van der Waals surface area contributed by atoms with Gasteiger partial charge in [0, 0.05) is 6.61 Å². The van der Waals surface area contributed by atoms with Gasteiger partial charge in [-0.1, -0.05) is 26.7 Å². The van der Waals surface area contributed by atoms with Crippen LogP contribution in [0.25, 0.3) is 0 Å². The van der Waals surface area contributed by atoms with Crippen molar-refractivity contribution in [1.29, 1.82) is 0 Å². The van der Waals surface area contributed by atoms with Crippen LogP contribution in [0.1, 0.15) is 90.9 Å². The van der Waals surface area contributed by atoms with Crippen molar-refractivity contribution in [3.63, 3.8) is 0 Å². The topological polar surface area (TPSA) is 9.23 Å². The molecule has 0 aromatic heterocycles. The maximum absolute atomic E-state index is 6.49. The van der Waals surface area contributed by atoms with E-state index in [2.05, 4.69) is 13.8 Å². The van der Waals surface area contributed by atoms with Crippen molar-refractivity contribution in [2.24, 2.45) is 34.5 Å². The molecule has 0 N–H and O–H groups in total. The van der Waals surface area contributed by atoms with Crippen molar-refractivity contribution in [3.8, 4) is 0 Å². The van der Waals surface area contributed by atoms with Gasteiger partial charge in [0.15, 0.2) is 0 Å². The van der Waals surface area contributed by atoms with Crippen LogP contribution in [0.3, 0.4) is 0 Å². The lowest BCUT2D eigenvalue weighted by Gasteiger charge is -2.61. The van der Waals surface area contributed by atoms with Crippen LogP contribution in [0, 0.1) is 34.5 Å². The fourth-order valence-corrected chi connectivity index (χ4v) is 8.73. The molecule has 4 aliphatic carbocycles. The molecule has 4 saturated carbocycles. The Kier molecular flexibility index (Phi) is 3.31. The second kappa shape index (κ2) is 4.99. The summed E-state index contributed by atoms with van der Waals surface area (Å²) in [6.07, 6.45) is 17.7. The second-order valence-corrected chi connectivity index (χ2v) is 10.3. The van der Waals surface area contributed by atoms with E-state index in [0.717, 1.165) is 30.3 Å². The summed E-state index contributed by atoms with van der Waals surface area (Å²) >= 11 is 0. The van der Waals surface area contributed by atoms with Gasteiger partial charge < -0.3 is 4.74 Å². The minimum Gasteiger partial charge on any atom is -0.374 e. The molecule has 7 atom stereocenters. The lowest BCUT2D eigenvalue weighted by atomic mass is 9.44. The third-order valence-corrected chi connectivity index (χ3v) is 9.98. The first-order valence-electron chi connectivity index (χ1n) is 10.7. The minimum atomic E-state index is 0.285.